The quantitative estimate of drug-likeness (QED) is 0.715. The van der Waals surface area contributed by atoms with Crippen LogP contribution in [0.15, 0.2) is 57.7 Å². The molecule has 0 saturated heterocycles. The summed E-state index contributed by atoms with van der Waals surface area (Å²) in [6, 6.07) is 15.3. The van der Waals surface area contributed by atoms with Crippen molar-refractivity contribution >= 4 is 11.0 Å². The topological polar surface area (TPSA) is 39.4 Å². The second kappa shape index (κ2) is 6.06. The predicted octanol–water partition coefficient (Wildman–Crippen LogP) is 4.42. The highest BCUT2D eigenvalue weighted by atomic mass is 16.5. The monoisotopic (exact) mass is 294 g/mol. The van der Waals surface area contributed by atoms with Gasteiger partial charge in [-0.25, -0.2) is 0 Å². The largest absolute Gasteiger partial charge is 0.490 e. The molecule has 0 radical (unpaired) electrons. The van der Waals surface area contributed by atoms with Crippen LogP contribution in [0.4, 0.5) is 0 Å². The lowest BCUT2D eigenvalue weighted by Crippen LogP contribution is -2.08. The van der Waals surface area contributed by atoms with Crippen LogP contribution in [0.1, 0.15) is 18.9 Å². The van der Waals surface area contributed by atoms with E-state index < -0.39 is 0 Å². The first-order chi connectivity index (χ1) is 10.8. The van der Waals surface area contributed by atoms with Crippen LogP contribution in [0.5, 0.6) is 5.75 Å². The van der Waals surface area contributed by atoms with E-state index in [4.69, 9.17) is 9.15 Å². The molecule has 1 aromatic heterocycles. The van der Waals surface area contributed by atoms with Gasteiger partial charge in [-0.3, -0.25) is 4.79 Å². The molecule has 3 aromatic rings. The molecule has 0 amide bonds. The summed E-state index contributed by atoms with van der Waals surface area (Å²) in [7, 11) is 1.50. The lowest BCUT2D eigenvalue weighted by atomic mass is 10.0. The maximum absolute atomic E-state index is 12.7. The van der Waals surface area contributed by atoms with Crippen molar-refractivity contribution < 1.29 is 9.15 Å². The number of benzene rings is 2. The molecule has 2 aromatic carbocycles. The number of hydrogen-bond acceptors (Lipinski definition) is 3. The summed E-state index contributed by atoms with van der Waals surface area (Å²) in [6.07, 6.45) is 1.87. The maximum Gasteiger partial charge on any atom is 0.235 e. The van der Waals surface area contributed by atoms with Crippen LogP contribution in [0.2, 0.25) is 0 Å². The van der Waals surface area contributed by atoms with E-state index in [-0.39, 0.29) is 11.2 Å². The van der Waals surface area contributed by atoms with E-state index in [1.807, 2.05) is 42.5 Å². The zero-order chi connectivity index (χ0) is 15.5. The molecule has 0 aliphatic carbocycles. The van der Waals surface area contributed by atoms with Crippen LogP contribution < -0.4 is 10.2 Å². The third kappa shape index (κ3) is 2.39. The van der Waals surface area contributed by atoms with Crippen molar-refractivity contribution in [2.24, 2.45) is 0 Å². The van der Waals surface area contributed by atoms with Gasteiger partial charge in [-0.2, -0.15) is 0 Å². The molecule has 0 N–H and O–H groups in total. The van der Waals surface area contributed by atoms with Crippen molar-refractivity contribution in [1.82, 2.24) is 0 Å². The van der Waals surface area contributed by atoms with Gasteiger partial charge in [0.1, 0.15) is 5.58 Å². The van der Waals surface area contributed by atoms with Crippen LogP contribution in [0.3, 0.4) is 0 Å². The molecule has 3 rings (SSSR count). The number of hydrogen-bond donors (Lipinski definition) is 0. The molecule has 0 bridgehead atoms. The third-order valence-corrected chi connectivity index (χ3v) is 3.72. The Morgan fingerprint density at radius 3 is 2.50 bits per heavy atom. The van der Waals surface area contributed by atoms with E-state index in [0.29, 0.717) is 16.7 Å². The third-order valence-electron chi connectivity index (χ3n) is 3.72. The zero-order valence-corrected chi connectivity index (χ0v) is 12.8. The van der Waals surface area contributed by atoms with Gasteiger partial charge in [-0.1, -0.05) is 55.8 Å². The first-order valence-electron chi connectivity index (χ1n) is 7.44. The first-order valence-corrected chi connectivity index (χ1v) is 7.44. The van der Waals surface area contributed by atoms with Gasteiger partial charge in [-0.15, -0.1) is 0 Å². The van der Waals surface area contributed by atoms with Crippen molar-refractivity contribution in [1.29, 1.82) is 0 Å². The SMILES string of the molecule is CCCc1cccc2c(=O)c(OC)c(-c3ccccc3)oc12. The van der Waals surface area contributed by atoms with E-state index in [1.54, 1.807) is 6.07 Å². The minimum absolute atomic E-state index is 0.124. The van der Waals surface area contributed by atoms with Crippen LogP contribution in [0, 0.1) is 0 Å². The van der Waals surface area contributed by atoms with Crippen LogP contribution >= 0.6 is 0 Å². The Morgan fingerprint density at radius 1 is 1.05 bits per heavy atom. The highest BCUT2D eigenvalue weighted by molar-refractivity contribution is 5.84. The molecule has 0 aliphatic rings. The lowest BCUT2D eigenvalue weighted by Gasteiger charge is -2.11. The number of methoxy groups -OCH3 is 1. The summed E-state index contributed by atoms with van der Waals surface area (Å²) in [5.74, 6) is 0.747. The van der Waals surface area contributed by atoms with Gasteiger partial charge in [-0.05, 0) is 18.1 Å². The van der Waals surface area contributed by atoms with E-state index in [2.05, 4.69) is 6.92 Å². The number of ether oxygens (including phenoxy) is 1. The van der Waals surface area contributed by atoms with Crippen molar-refractivity contribution in [2.45, 2.75) is 19.8 Å². The van der Waals surface area contributed by atoms with Gasteiger partial charge in [0, 0.05) is 5.56 Å². The smallest absolute Gasteiger partial charge is 0.235 e. The second-order valence-electron chi connectivity index (χ2n) is 5.20. The standard InChI is InChI=1S/C19H18O3/c1-3-8-13-11-7-12-15-16(20)19(21-2)18(22-17(13)15)14-9-5-4-6-10-14/h4-7,9-12H,3,8H2,1-2H3. The van der Waals surface area contributed by atoms with Gasteiger partial charge >= 0.3 is 0 Å². The molecule has 1 heterocycles. The fourth-order valence-corrected chi connectivity index (χ4v) is 2.69. The Balaban J connectivity index is 2.37. The van der Waals surface area contributed by atoms with Gasteiger partial charge in [0.15, 0.2) is 5.76 Å². The number of aryl methyl sites for hydroxylation is 1. The predicted molar refractivity (Wildman–Crippen MR) is 88.5 cm³/mol. The molecule has 3 heteroatoms. The summed E-state index contributed by atoms with van der Waals surface area (Å²) in [5, 5.41) is 0.572. The van der Waals surface area contributed by atoms with E-state index in [9.17, 15) is 4.79 Å². The highest BCUT2D eigenvalue weighted by Gasteiger charge is 2.18. The van der Waals surface area contributed by atoms with Crippen LogP contribution in [0.25, 0.3) is 22.3 Å². The van der Waals surface area contributed by atoms with E-state index >= 15 is 0 Å². The van der Waals surface area contributed by atoms with Gasteiger partial charge < -0.3 is 9.15 Å². The maximum atomic E-state index is 12.7. The Hall–Kier alpha value is -2.55. The number of para-hydroxylation sites is 1. The zero-order valence-electron chi connectivity index (χ0n) is 12.8. The molecule has 0 saturated carbocycles. The summed E-state index contributed by atoms with van der Waals surface area (Å²) < 4.78 is 11.4. The highest BCUT2D eigenvalue weighted by Crippen LogP contribution is 2.31. The van der Waals surface area contributed by atoms with E-state index in [1.165, 1.54) is 7.11 Å². The first kappa shape index (κ1) is 14.4. The Labute approximate surface area is 129 Å². The van der Waals surface area contributed by atoms with Crippen molar-refractivity contribution in [3.05, 3.63) is 64.3 Å². The average Bonchev–Trinajstić information content (AvgIpc) is 2.56. The molecule has 0 fully saturated rings. The Morgan fingerprint density at radius 2 is 1.82 bits per heavy atom. The summed E-state index contributed by atoms with van der Waals surface area (Å²) in [5.41, 5.74) is 2.43. The molecular weight excluding hydrogens is 276 g/mol. The van der Waals surface area contributed by atoms with E-state index in [0.717, 1.165) is 24.0 Å². The van der Waals surface area contributed by atoms with Crippen LogP contribution in [-0.2, 0) is 6.42 Å². The molecule has 0 aliphatic heterocycles. The Bertz CT molecular complexity index is 848. The summed E-state index contributed by atoms with van der Waals surface area (Å²) >= 11 is 0. The minimum atomic E-state index is -0.124. The van der Waals surface area contributed by atoms with Crippen molar-refractivity contribution in [3.8, 4) is 17.1 Å². The fraction of sp³-hybridized carbons (Fsp3) is 0.211. The van der Waals surface area contributed by atoms with Crippen molar-refractivity contribution in [3.63, 3.8) is 0 Å². The van der Waals surface area contributed by atoms with Gasteiger partial charge in [0.05, 0.1) is 12.5 Å². The molecule has 0 unspecified atom stereocenters. The van der Waals surface area contributed by atoms with Gasteiger partial charge in [0.2, 0.25) is 11.2 Å². The fourth-order valence-electron chi connectivity index (χ4n) is 2.69. The Kier molecular flexibility index (Phi) is 3.96. The average molecular weight is 294 g/mol. The van der Waals surface area contributed by atoms with Gasteiger partial charge in [0.25, 0.3) is 0 Å². The number of rotatable bonds is 4. The van der Waals surface area contributed by atoms with Crippen LogP contribution in [-0.4, -0.2) is 7.11 Å². The summed E-state index contributed by atoms with van der Waals surface area (Å²) in [4.78, 5) is 12.7. The molecule has 3 nitrogen and oxygen atoms in total. The molecule has 22 heavy (non-hydrogen) atoms. The normalized spacial score (nSPS) is 10.8. The lowest BCUT2D eigenvalue weighted by molar-refractivity contribution is 0.398. The molecule has 0 spiro atoms. The van der Waals surface area contributed by atoms with Crippen molar-refractivity contribution in [2.75, 3.05) is 7.11 Å². The minimum Gasteiger partial charge on any atom is -0.490 e. The second-order valence-corrected chi connectivity index (χ2v) is 5.20. The molecule has 112 valence electrons. The molecular formula is C19H18O3. The molecule has 0 atom stereocenters. The number of fused-ring (bicyclic) bond motifs is 1. The summed E-state index contributed by atoms with van der Waals surface area (Å²) in [6.45, 7) is 2.11.